The van der Waals surface area contributed by atoms with Crippen LogP contribution in [0.1, 0.15) is 0 Å². The first kappa shape index (κ1) is 18.2. The summed E-state index contributed by atoms with van der Waals surface area (Å²) in [6.45, 7) is 0. The molecule has 144 valence electrons. The number of oxazole rings is 1. The van der Waals surface area contributed by atoms with E-state index >= 15 is 0 Å². The number of pyridine rings is 1. The van der Waals surface area contributed by atoms with Gasteiger partial charge in [-0.2, -0.15) is 0 Å². The number of rotatable bonds is 4. The highest BCUT2D eigenvalue weighted by molar-refractivity contribution is 6.43. The first-order valence-electron chi connectivity index (χ1n) is 8.68. The highest BCUT2D eigenvalue weighted by Crippen LogP contribution is 2.32. The third-order valence-corrected chi connectivity index (χ3v) is 4.22. The van der Waals surface area contributed by atoms with Crippen molar-refractivity contribution in [3.8, 4) is 17.1 Å². The fourth-order valence-electron chi connectivity index (χ4n) is 2.85. The number of benzene rings is 2. The highest BCUT2D eigenvalue weighted by atomic mass is 16.5. The number of anilines is 2. The van der Waals surface area contributed by atoms with Crippen molar-refractivity contribution in [1.82, 2.24) is 9.97 Å². The Morgan fingerprint density at radius 3 is 2.48 bits per heavy atom. The first-order valence-corrected chi connectivity index (χ1v) is 8.68. The van der Waals surface area contributed by atoms with Crippen LogP contribution in [0.25, 0.3) is 22.2 Å². The van der Waals surface area contributed by atoms with E-state index in [1.807, 2.05) is 6.07 Å². The molecule has 2 aromatic carbocycles. The Balaban J connectivity index is 1.47. The van der Waals surface area contributed by atoms with Gasteiger partial charge in [0.25, 0.3) is 0 Å². The van der Waals surface area contributed by atoms with Crippen LogP contribution < -0.4 is 15.4 Å². The maximum absolute atomic E-state index is 12.3. The van der Waals surface area contributed by atoms with Crippen molar-refractivity contribution < 1.29 is 18.7 Å². The summed E-state index contributed by atoms with van der Waals surface area (Å²) < 4.78 is 10.6. The lowest BCUT2D eigenvalue weighted by Gasteiger charge is -2.10. The van der Waals surface area contributed by atoms with E-state index in [1.54, 1.807) is 54.9 Å². The lowest BCUT2D eigenvalue weighted by molar-refractivity contribution is -0.132. The molecule has 0 unspecified atom stereocenters. The van der Waals surface area contributed by atoms with E-state index in [1.165, 1.54) is 13.5 Å². The van der Waals surface area contributed by atoms with E-state index in [-0.39, 0.29) is 0 Å². The molecule has 8 heteroatoms. The fraction of sp³-hybridized carbons (Fsp3) is 0.0476. The number of carbonyl (C=O) groups is 2. The van der Waals surface area contributed by atoms with E-state index in [4.69, 9.17) is 9.15 Å². The lowest BCUT2D eigenvalue weighted by Crippen LogP contribution is -2.29. The topological polar surface area (TPSA) is 106 Å². The Kier molecular flexibility index (Phi) is 4.90. The molecule has 0 aliphatic carbocycles. The van der Waals surface area contributed by atoms with E-state index < -0.39 is 11.8 Å². The molecule has 4 aromatic rings. The molecule has 0 atom stereocenters. The maximum atomic E-state index is 12.3. The molecule has 0 bridgehead atoms. The van der Waals surface area contributed by atoms with E-state index in [9.17, 15) is 9.59 Å². The number of nitrogens with one attached hydrogen (secondary N) is 2. The van der Waals surface area contributed by atoms with Gasteiger partial charge >= 0.3 is 11.8 Å². The summed E-state index contributed by atoms with van der Waals surface area (Å²) in [7, 11) is 1.50. The minimum atomic E-state index is -0.800. The first-order chi connectivity index (χ1) is 14.1. The van der Waals surface area contributed by atoms with Crippen molar-refractivity contribution in [2.24, 2.45) is 0 Å². The molecule has 0 radical (unpaired) electrons. The number of aromatic nitrogens is 2. The van der Waals surface area contributed by atoms with Gasteiger partial charge in [0.2, 0.25) is 0 Å². The number of methoxy groups -OCH3 is 1. The van der Waals surface area contributed by atoms with Gasteiger partial charge < -0.3 is 19.8 Å². The van der Waals surface area contributed by atoms with Crippen molar-refractivity contribution in [1.29, 1.82) is 0 Å². The molecule has 2 amide bonds. The number of hydrogen-bond acceptors (Lipinski definition) is 6. The van der Waals surface area contributed by atoms with Crippen LogP contribution in [0.2, 0.25) is 0 Å². The Labute approximate surface area is 165 Å². The second-order valence-corrected chi connectivity index (χ2v) is 6.10. The van der Waals surface area contributed by atoms with Crippen LogP contribution >= 0.6 is 0 Å². The number of amides is 2. The SMILES string of the molecule is COc1cc(NC(=O)C(=O)Nc2ccc3ncccc3c2)ccc1-c1cnco1. The van der Waals surface area contributed by atoms with Gasteiger partial charge in [-0.05, 0) is 36.4 Å². The third-order valence-electron chi connectivity index (χ3n) is 4.22. The average Bonchev–Trinajstić information content (AvgIpc) is 3.28. The zero-order valence-corrected chi connectivity index (χ0v) is 15.4. The normalized spacial score (nSPS) is 10.5. The van der Waals surface area contributed by atoms with Crippen LogP contribution in [0.3, 0.4) is 0 Å². The molecule has 0 aliphatic rings. The Hall–Kier alpha value is -4.20. The van der Waals surface area contributed by atoms with E-state index in [0.29, 0.717) is 28.4 Å². The minimum Gasteiger partial charge on any atom is -0.496 e. The van der Waals surface area contributed by atoms with Crippen LogP contribution in [0, 0.1) is 0 Å². The minimum absolute atomic E-state index is 0.410. The molecule has 0 saturated heterocycles. The Bertz CT molecular complexity index is 1190. The van der Waals surface area contributed by atoms with Crippen molar-refractivity contribution in [3.63, 3.8) is 0 Å². The summed E-state index contributed by atoms with van der Waals surface area (Å²) in [5, 5.41) is 6.00. The van der Waals surface area contributed by atoms with Crippen molar-refractivity contribution in [2.75, 3.05) is 17.7 Å². The lowest BCUT2D eigenvalue weighted by atomic mass is 10.1. The predicted octanol–water partition coefficient (Wildman–Crippen LogP) is 3.48. The summed E-state index contributed by atoms with van der Waals surface area (Å²) in [5.74, 6) is -0.581. The number of ether oxygens (including phenoxy) is 1. The summed E-state index contributed by atoms with van der Waals surface area (Å²) in [5.41, 5.74) is 2.39. The second-order valence-electron chi connectivity index (χ2n) is 6.10. The van der Waals surface area contributed by atoms with Crippen molar-refractivity contribution in [3.05, 3.63) is 67.3 Å². The quantitative estimate of drug-likeness (QED) is 0.519. The van der Waals surface area contributed by atoms with Gasteiger partial charge in [0.15, 0.2) is 12.2 Å². The van der Waals surface area contributed by atoms with Crippen LogP contribution in [0.15, 0.2) is 71.7 Å². The number of nitrogens with zero attached hydrogens (tertiary/aromatic N) is 2. The van der Waals surface area contributed by atoms with Gasteiger partial charge in [-0.1, -0.05) is 6.07 Å². The molecule has 0 saturated carbocycles. The molecular formula is C21H16N4O4. The third kappa shape index (κ3) is 3.91. The van der Waals surface area contributed by atoms with Crippen molar-refractivity contribution in [2.45, 2.75) is 0 Å². The summed E-state index contributed by atoms with van der Waals surface area (Å²) >= 11 is 0. The van der Waals surface area contributed by atoms with Gasteiger partial charge in [0, 0.05) is 29.0 Å². The maximum Gasteiger partial charge on any atom is 0.314 e. The molecule has 2 heterocycles. The molecule has 0 fully saturated rings. The largest absolute Gasteiger partial charge is 0.496 e. The monoisotopic (exact) mass is 388 g/mol. The summed E-state index contributed by atoms with van der Waals surface area (Å²) in [6, 6.07) is 13.9. The number of fused-ring (bicyclic) bond motifs is 1. The zero-order valence-electron chi connectivity index (χ0n) is 15.4. The zero-order chi connectivity index (χ0) is 20.2. The van der Waals surface area contributed by atoms with E-state index in [0.717, 1.165) is 10.9 Å². The fourth-order valence-corrected chi connectivity index (χ4v) is 2.85. The van der Waals surface area contributed by atoms with Gasteiger partial charge in [-0.25, -0.2) is 4.98 Å². The van der Waals surface area contributed by atoms with Gasteiger partial charge in [-0.3, -0.25) is 14.6 Å². The molecular weight excluding hydrogens is 372 g/mol. The van der Waals surface area contributed by atoms with Crippen molar-refractivity contribution >= 4 is 34.1 Å². The van der Waals surface area contributed by atoms with Gasteiger partial charge in [-0.15, -0.1) is 0 Å². The number of hydrogen-bond donors (Lipinski definition) is 2. The Morgan fingerprint density at radius 1 is 1.00 bits per heavy atom. The standard InChI is InChI=1S/C21H16N4O4/c1-28-18-10-15(4-6-16(18)19-11-22-12-29-19)25-21(27)20(26)24-14-5-7-17-13(9-14)3-2-8-23-17/h2-12H,1H3,(H,24,26)(H,25,27). The molecule has 8 nitrogen and oxygen atoms in total. The summed E-state index contributed by atoms with van der Waals surface area (Å²) in [6.07, 6.45) is 4.57. The van der Waals surface area contributed by atoms with Gasteiger partial charge in [0.1, 0.15) is 5.75 Å². The number of carbonyl (C=O) groups excluding carboxylic acids is 2. The van der Waals surface area contributed by atoms with E-state index in [2.05, 4.69) is 20.6 Å². The average molecular weight is 388 g/mol. The molecule has 0 aliphatic heterocycles. The Morgan fingerprint density at radius 2 is 1.76 bits per heavy atom. The molecule has 29 heavy (non-hydrogen) atoms. The molecule has 2 aromatic heterocycles. The predicted molar refractivity (Wildman–Crippen MR) is 107 cm³/mol. The smallest absolute Gasteiger partial charge is 0.314 e. The van der Waals surface area contributed by atoms with Crippen LogP contribution in [0.5, 0.6) is 5.75 Å². The van der Waals surface area contributed by atoms with Crippen LogP contribution in [0.4, 0.5) is 11.4 Å². The molecule has 2 N–H and O–H groups in total. The second kappa shape index (κ2) is 7.81. The highest BCUT2D eigenvalue weighted by Gasteiger charge is 2.16. The van der Waals surface area contributed by atoms with Crippen LogP contribution in [-0.2, 0) is 9.59 Å². The van der Waals surface area contributed by atoms with Gasteiger partial charge in [0.05, 0.1) is 24.4 Å². The molecule has 4 rings (SSSR count). The summed E-state index contributed by atoms with van der Waals surface area (Å²) in [4.78, 5) is 32.7. The molecule has 0 spiro atoms. The van der Waals surface area contributed by atoms with Crippen LogP contribution in [-0.4, -0.2) is 28.9 Å².